The first kappa shape index (κ1) is 18.4. The van der Waals surface area contributed by atoms with Crippen LogP contribution in [0.1, 0.15) is 18.4 Å². The van der Waals surface area contributed by atoms with Gasteiger partial charge in [-0.05, 0) is 43.2 Å². The average Bonchev–Trinajstić information content (AvgIpc) is 3.15. The molecule has 1 fully saturated rings. The molecule has 0 saturated carbocycles. The van der Waals surface area contributed by atoms with Crippen molar-refractivity contribution >= 4 is 40.3 Å². The number of nitrogens with zero attached hydrogens (tertiary/aromatic N) is 3. The number of nitrogens with two attached hydrogens (primary N) is 1. The number of hydrogen-bond acceptors (Lipinski definition) is 5. The Morgan fingerprint density at radius 2 is 1.82 bits per heavy atom. The summed E-state index contributed by atoms with van der Waals surface area (Å²) in [6.07, 6.45) is 3.46. The zero-order valence-corrected chi connectivity index (χ0v) is 15.7. The molecule has 2 aromatic rings. The molecule has 0 radical (unpaired) electrons. The largest absolute Gasteiger partial charge is 0.403 e. The van der Waals surface area contributed by atoms with E-state index in [9.17, 15) is 8.78 Å². The molecular weight excluding hydrogens is 384 g/mol. The Kier molecular flexibility index (Phi) is 5.00. The predicted octanol–water partition coefficient (Wildman–Crippen LogP) is 4.51. The lowest BCUT2D eigenvalue weighted by Gasteiger charge is -2.19. The first-order chi connectivity index (χ1) is 13.6. The monoisotopic (exact) mass is 401 g/mol. The number of halogens is 3. The van der Waals surface area contributed by atoms with E-state index < -0.39 is 11.6 Å². The number of nitrogens with one attached hydrogen (secondary N) is 1. The molecule has 0 unspecified atom stereocenters. The molecule has 2 aromatic carbocycles. The first-order valence-corrected chi connectivity index (χ1v) is 9.30. The smallest absolute Gasteiger partial charge is 0.168 e. The van der Waals surface area contributed by atoms with Gasteiger partial charge in [0.1, 0.15) is 11.6 Å². The molecule has 2 heterocycles. The minimum Gasteiger partial charge on any atom is -0.403 e. The van der Waals surface area contributed by atoms with Crippen LogP contribution in [0.2, 0.25) is 0 Å². The molecule has 5 nitrogen and oxygen atoms in total. The molecule has 1 saturated heterocycles. The van der Waals surface area contributed by atoms with Gasteiger partial charge in [-0.15, -0.1) is 0 Å². The fraction of sp³-hybridized carbons (Fsp3) is 0.200. The Labute approximate surface area is 166 Å². The van der Waals surface area contributed by atoms with E-state index in [1.54, 1.807) is 6.07 Å². The van der Waals surface area contributed by atoms with Gasteiger partial charge in [0, 0.05) is 25.0 Å². The van der Waals surface area contributed by atoms with Crippen molar-refractivity contribution in [2.24, 2.45) is 15.7 Å². The summed E-state index contributed by atoms with van der Waals surface area (Å²) in [6, 6.07) is 9.28. The molecule has 8 heteroatoms. The molecule has 0 aliphatic carbocycles. The number of anilines is 2. The lowest BCUT2D eigenvalue weighted by atomic mass is 10.1. The van der Waals surface area contributed by atoms with Crippen LogP contribution in [0.5, 0.6) is 0 Å². The molecule has 3 N–H and O–H groups in total. The third-order valence-corrected chi connectivity index (χ3v) is 5.01. The third kappa shape index (κ3) is 3.45. The topological polar surface area (TPSA) is 66.0 Å². The Bertz CT molecular complexity index is 989. The van der Waals surface area contributed by atoms with Crippen molar-refractivity contribution in [3.05, 3.63) is 64.8 Å². The molecular formula is C20H18ClF2N5. The normalized spacial score (nSPS) is 16.8. The summed E-state index contributed by atoms with van der Waals surface area (Å²) in [5.41, 5.74) is 7.39. The molecule has 0 bridgehead atoms. The van der Waals surface area contributed by atoms with Gasteiger partial charge >= 0.3 is 0 Å². The lowest BCUT2D eigenvalue weighted by Crippen LogP contribution is -2.18. The van der Waals surface area contributed by atoms with E-state index >= 15 is 0 Å². The predicted molar refractivity (Wildman–Crippen MR) is 110 cm³/mol. The molecule has 0 amide bonds. The van der Waals surface area contributed by atoms with E-state index in [2.05, 4.69) is 20.2 Å². The Balaban J connectivity index is 1.86. The fourth-order valence-corrected chi connectivity index (χ4v) is 3.40. The van der Waals surface area contributed by atoms with Gasteiger partial charge in [0.05, 0.1) is 22.0 Å². The number of fused-ring (bicyclic) bond motifs is 1. The average molecular weight is 402 g/mol. The standard InChI is InChI=1S/C20H18ClF2N5/c21-13(11-24)19-26-17-10-12(28-8-1-2-9-28)6-7-16(17)25-20(27-19)18-14(22)4-3-5-15(18)23/h3-7,10-11H,1-2,8-9,24H2,(H,25,26,27)/b13-11+. The van der Waals surface area contributed by atoms with Crippen LogP contribution < -0.4 is 16.0 Å². The van der Waals surface area contributed by atoms with E-state index in [1.807, 2.05) is 12.1 Å². The van der Waals surface area contributed by atoms with Gasteiger partial charge in [-0.1, -0.05) is 17.7 Å². The van der Waals surface area contributed by atoms with Crippen LogP contribution in [-0.2, 0) is 0 Å². The Morgan fingerprint density at radius 3 is 2.50 bits per heavy atom. The molecule has 0 spiro atoms. The quantitative estimate of drug-likeness (QED) is 0.795. The van der Waals surface area contributed by atoms with Gasteiger partial charge < -0.3 is 16.0 Å². The van der Waals surface area contributed by atoms with Gasteiger partial charge in [0.15, 0.2) is 11.7 Å². The van der Waals surface area contributed by atoms with Gasteiger partial charge in [-0.2, -0.15) is 0 Å². The highest BCUT2D eigenvalue weighted by Gasteiger charge is 2.22. The van der Waals surface area contributed by atoms with E-state index in [1.165, 1.54) is 6.07 Å². The number of aliphatic imine (C=N–C) groups is 2. The van der Waals surface area contributed by atoms with Crippen LogP contribution in [0.4, 0.5) is 25.8 Å². The zero-order chi connectivity index (χ0) is 19.7. The minimum absolute atomic E-state index is 0.115. The van der Waals surface area contributed by atoms with E-state index in [0.29, 0.717) is 11.4 Å². The van der Waals surface area contributed by atoms with E-state index in [0.717, 1.165) is 50.0 Å². The van der Waals surface area contributed by atoms with Crippen molar-refractivity contribution in [2.45, 2.75) is 12.8 Å². The molecule has 2 aliphatic rings. The summed E-state index contributed by atoms with van der Waals surface area (Å²) in [5, 5.41) is 3.21. The van der Waals surface area contributed by atoms with Crippen LogP contribution in [-0.4, -0.2) is 24.8 Å². The summed E-state index contributed by atoms with van der Waals surface area (Å²) in [7, 11) is 0. The van der Waals surface area contributed by atoms with Crippen LogP contribution in [0.15, 0.2) is 57.6 Å². The van der Waals surface area contributed by atoms with Crippen LogP contribution >= 0.6 is 11.6 Å². The lowest BCUT2D eigenvalue weighted by molar-refractivity contribution is 0.579. The summed E-state index contributed by atoms with van der Waals surface area (Å²) < 4.78 is 28.7. The van der Waals surface area contributed by atoms with Gasteiger partial charge in [0.2, 0.25) is 0 Å². The number of rotatable bonds is 3. The summed E-state index contributed by atoms with van der Waals surface area (Å²) in [6.45, 7) is 1.97. The van der Waals surface area contributed by atoms with Crippen LogP contribution in [0.25, 0.3) is 0 Å². The maximum atomic E-state index is 14.3. The molecule has 2 aliphatic heterocycles. The van der Waals surface area contributed by atoms with E-state index in [4.69, 9.17) is 17.3 Å². The van der Waals surface area contributed by atoms with Crippen LogP contribution in [0, 0.1) is 11.6 Å². The SMILES string of the molecule is N/C=C(/Cl)C1=NC(c2c(F)cccc2F)=Nc2ccc(N3CCCC3)cc2N1. The highest BCUT2D eigenvalue weighted by atomic mass is 35.5. The van der Waals surface area contributed by atoms with Crippen LogP contribution in [0.3, 0.4) is 0 Å². The second kappa shape index (κ2) is 7.59. The van der Waals surface area contributed by atoms with Gasteiger partial charge in [-0.25, -0.2) is 18.8 Å². The highest BCUT2D eigenvalue weighted by Crippen LogP contribution is 2.34. The van der Waals surface area contributed by atoms with Crippen molar-refractivity contribution < 1.29 is 8.78 Å². The zero-order valence-electron chi connectivity index (χ0n) is 14.9. The van der Waals surface area contributed by atoms with Gasteiger partial charge in [0.25, 0.3) is 0 Å². The van der Waals surface area contributed by atoms with Crippen molar-refractivity contribution in [3.8, 4) is 0 Å². The Morgan fingerprint density at radius 1 is 1.11 bits per heavy atom. The maximum absolute atomic E-state index is 14.3. The molecule has 144 valence electrons. The third-order valence-electron chi connectivity index (χ3n) is 4.71. The summed E-state index contributed by atoms with van der Waals surface area (Å²) in [4.78, 5) is 10.9. The number of hydrogen-bond donors (Lipinski definition) is 2. The van der Waals surface area contributed by atoms with E-state index in [-0.39, 0.29) is 22.3 Å². The summed E-state index contributed by atoms with van der Waals surface area (Å²) in [5.74, 6) is -1.47. The fourth-order valence-electron chi connectivity index (χ4n) is 3.31. The number of amidine groups is 2. The van der Waals surface area contributed by atoms with Crippen molar-refractivity contribution in [2.75, 3.05) is 23.3 Å². The molecule has 4 rings (SSSR count). The molecule has 0 atom stereocenters. The minimum atomic E-state index is -0.758. The summed E-state index contributed by atoms with van der Waals surface area (Å²) >= 11 is 6.17. The Hall–Kier alpha value is -2.93. The highest BCUT2D eigenvalue weighted by molar-refractivity contribution is 6.46. The maximum Gasteiger partial charge on any atom is 0.168 e. The number of benzene rings is 2. The van der Waals surface area contributed by atoms with Crippen molar-refractivity contribution in [1.82, 2.24) is 0 Å². The van der Waals surface area contributed by atoms with Crippen molar-refractivity contribution in [1.29, 1.82) is 0 Å². The second-order valence-electron chi connectivity index (χ2n) is 6.53. The van der Waals surface area contributed by atoms with Gasteiger partial charge in [-0.3, -0.25) is 0 Å². The first-order valence-electron chi connectivity index (χ1n) is 8.92. The molecule has 28 heavy (non-hydrogen) atoms. The van der Waals surface area contributed by atoms with Crippen molar-refractivity contribution in [3.63, 3.8) is 0 Å². The molecule has 0 aromatic heterocycles. The second-order valence-corrected chi connectivity index (χ2v) is 6.93.